The van der Waals surface area contributed by atoms with Crippen molar-refractivity contribution in [2.75, 3.05) is 6.54 Å². The van der Waals surface area contributed by atoms with Crippen LogP contribution in [0.2, 0.25) is 0 Å². The highest BCUT2D eigenvalue weighted by Crippen LogP contribution is 2.39. The van der Waals surface area contributed by atoms with Gasteiger partial charge in [0, 0.05) is 13.1 Å². The van der Waals surface area contributed by atoms with Gasteiger partial charge in [-0.15, -0.1) is 12.4 Å². The maximum atomic E-state index is 13.3. The zero-order chi connectivity index (χ0) is 11.6. The molecular formula is C14H21ClFN. The number of hydrogen-bond acceptors (Lipinski definition) is 1. The molecule has 1 aromatic rings. The van der Waals surface area contributed by atoms with Crippen LogP contribution in [-0.2, 0) is 6.54 Å². The molecular weight excluding hydrogens is 237 g/mol. The molecule has 1 fully saturated rings. The number of benzene rings is 1. The molecule has 0 saturated heterocycles. The van der Waals surface area contributed by atoms with Gasteiger partial charge in [0.05, 0.1) is 0 Å². The monoisotopic (exact) mass is 257 g/mol. The topological polar surface area (TPSA) is 12.0 Å². The summed E-state index contributed by atoms with van der Waals surface area (Å²) < 4.78 is 13.3. The molecule has 0 aromatic heterocycles. The number of nitrogens with one attached hydrogen (secondary N) is 1. The fourth-order valence-electron chi connectivity index (χ4n) is 2.21. The summed E-state index contributed by atoms with van der Waals surface area (Å²) in [5.74, 6) is -0.103. The van der Waals surface area contributed by atoms with Crippen molar-refractivity contribution in [2.45, 2.75) is 39.7 Å². The van der Waals surface area contributed by atoms with Gasteiger partial charge in [-0.05, 0) is 42.4 Å². The van der Waals surface area contributed by atoms with Crippen molar-refractivity contribution in [1.82, 2.24) is 5.32 Å². The summed E-state index contributed by atoms with van der Waals surface area (Å²) in [6, 6.07) is 5.47. The first-order valence-corrected chi connectivity index (χ1v) is 6.05. The van der Waals surface area contributed by atoms with E-state index in [0.29, 0.717) is 5.41 Å². The average molecular weight is 258 g/mol. The lowest BCUT2D eigenvalue weighted by molar-refractivity contribution is 0.156. The Kier molecular flexibility index (Phi) is 4.96. The van der Waals surface area contributed by atoms with Crippen LogP contribution >= 0.6 is 12.4 Å². The molecule has 1 saturated carbocycles. The van der Waals surface area contributed by atoms with E-state index in [1.54, 1.807) is 13.0 Å². The van der Waals surface area contributed by atoms with Gasteiger partial charge in [0.15, 0.2) is 0 Å². The van der Waals surface area contributed by atoms with E-state index in [0.717, 1.165) is 24.2 Å². The molecule has 2 rings (SSSR count). The van der Waals surface area contributed by atoms with Crippen LogP contribution in [0.5, 0.6) is 0 Å². The van der Waals surface area contributed by atoms with Gasteiger partial charge >= 0.3 is 0 Å². The molecule has 1 aliphatic rings. The lowest BCUT2D eigenvalue weighted by Crippen LogP contribution is -2.36. The lowest BCUT2D eigenvalue weighted by Gasteiger charge is -2.38. The zero-order valence-electron chi connectivity index (χ0n) is 10.6. The second-order valence-corrected chi connectivity index (χ2v) is 5.35. The van der Waals surface area contributed by atoms with Crippen molar-refractivity contribution >= 4 is 12.4 Å². The van der Waals surface area contributed by atoms with Gasteiger partial charge < -0.3 is 5.32 Å². The van der Waals surface area contributed by atoms with E-state index in [4.69, 9.17) is 0 Å². The molecule has 1 aliphatic carbocycles. The van der Waals surface area contributed by atoms with E-state index >= 15 is 0 Å². The molecule has 0 atom stereocenters. The van der Waals surface area contributed by atoms with Crippen LogP contribution in [0.1, 0.15) is 37.3 Å². The van der Waals surface area contributed by atoms with Gasteiger partial charge in [0.25, 0.3) is 0 Å². The average Bonchev–Trinajstić information content (AvgIpc) is 2.21. The summed E-state index contributed by atoms with van der Waals surface area (Å²) in [7, 11) is 0. The first-order valence-electron chi connectivity index (χ1n) is 6.05. The Morgan fingerprint density at radius 1 is 1.35 bits per heavy atom. The summed E-state index contributed by atoms with van der Waals surface area (Å²) in [4.78, 5) is 0. The van der Waals surface area contributed by atoms with Crippen LogP contribution in [-0.4, -0.2) is 6.54 Å². The smallest absolute Gasteiger partial charge is 0.126 e. The van der Waals surface area contributed by atoms with Crippen LogP contribution in [0.15, 0.2) is 18.2 Å². The third kappa shape index (κ3) is 3.68. The quantitative estimate of drug-likeness (QED) is 0.864. The fraction of sp³-hybridized carbons (Fsp3) is 0.571. The Morgan fingerprint density at radius 3 is 2.59 bits per heavy atom. The molecule has 0 heterocycles. The molecule has 1 nitrogen and oxygen atoms in total. The van der Waals surface area contributed by atoms with E-state index in [9.17, 15) is 4.39 Å². The van der Waals surface area contributed by atoms with E-state index in [2.05, 4.69) is 12.2 Å². The standard InChI is InChI=1S/C14H20FN.ClH/c1-11-4-5-12(8-13(11)15)9-16-10-14(2)6-3-7-14;/h4-5,8,16H,3,6-7,9-10H2,1-2H3;1H. The Hall–Kier alpha value is -0.600. The predicted octanol–water partition coefficient (Wildman–Crippen LogP) is 3.84. The Labute approximate surface area is 109 Å². The molecule has 1 N–H and O–H groups in total. The number of hydrogen-bond donors (Lipinski definition) is 1. The van der Waals surface area contributed by atoms with Crippen LogP contribution in [0, 0.1) is 18.2 Å². The third-order valence-corrected chi connectivity index (χ3v) is 3.68. The first-order chi connectivity index (χ1) is 7.59. The van der Waals surface area contributed by atoms with Gasteiger partial charge in [-0.25, -0.2) is 4.39 Å². The summed E-state index contributed by atoms with van der Waals surface area (Å²) in [6.45, 7) is 5.93. The molecule has 0 amide bonds. The molecule has 0 unspecified atom stereocenters. The normalized spacial score (nSPS) is 17.1. The summed E-state index contributed by atoms with van der Waals surface area (Å²) in [5.41, 5.74) is 2.24. The minimum Gasteiger partial charge on any atom is -0.312 e. The van der Waals surface area contributed by atoms with Crippen LogP contribution in [0.3, 0.4) is 0 Å². The van der Waals surface area contributed by atoms with E-state index in [-0.39, 0.29) is 18.2 Å². The molecule has 0 bridgehead atoms. The van der Waals surface area contributed by atoms with E-state index in [1.165, 1.54) is 19.3 Å². The predicted molar refractivity (Wildman–Crippen MR) is 72.0 cm³/mol. The highest BCUT2D eigenvalue weighted by atomic mass is 35.5. The number of aryl methyl sites for hydroxylation is 1. The summed E-state index contributed by atoms with van der Waals surface area (Å²) >= 11 is 0. The third-order valence-electron chi connectivity index (χ3n) is 3.68. The molecule has 3 heteroatoms. The maximum Gasteiger partial charge on any atom is 0.126 e. The summed E-state index contributed by atoms with van der Waals surface area (Å²) in [5, 5.41) is 3.42. The second kappa shape index (κ2) is 5.83. The fourth-order valence-corrected chi connectivity index (χ4v) is 2.21. The van der Waals surface area contributed by atoms with E-state index < -0.39 is 0 Å². The van der Waals surface area contributed by atoms with Crippen molar-refractivity contribution < 1.29 is 4.39 Å². The lowest BCUT2D eigenvalue weighted by atomic mass is 9.70. The second-order valence-electron chi connectivity index (χ2n) is 5.35. The van der Waals surface area contributed by atoms with E-state index in [1.807, 2.05) is 12.1 Å². The highest BCUT2D eigenvalue weighted by molar-refractivity contribution is 5.85. The molecule has 0 radical (unpaired) electrons. The Morgan fingerprint density at radius 2 is 2.06 bits per heavy atom. The molecule has 17 heavy (non-hydrogen) atoms. The Bertz CT molecular complexity index is 374. The highest BCUT2D eigenvalue weighted by Gasteiger charge is 2.30. The van der Waals surface area contributed by atoms with Crippen molar-refractivity contribution in [3.8, 4) is 0 Å². The molecule has 96 valence electrons. The van der Waals surface area contributed by atoms with Gasteiger partial charge in [0.1, 0.15) is 5.82 Å². The largest absolute Gasteiger partial charge is 0.312 e. The molecule has 1 aromatic carbocycles. The SMILES string of the molecule is Cc1ccc(CNCC2(C)CCC2)cc1F.Cl. The maximum absolute atomic E-state index is 13.3. The van der Waals surface area contributed by atoms with Gasteiger partial charge in [-0.2, -0.15) is 0 Å². The molecule has 0 spiro atoms. The number of rotatable bonds is 4. The van der Waals surface area contributed by atoms with Crippen molar-refractivity contribution in [3.05, 3.63) is 35.1 Å². The zero-order valence-corrected chi connectivity index (χ0v) is 11.4. The number of halogens is 2. The molecule has 0 aliphatic heterocycles. The van der Waals surface area contributed by atoms with Gasteiger partial charge in [0.2, 0.25) is 0 Å². The van der Waals surface area contributed by atoms with Crippen LogP contribution in [0.4, 0.5) is 4.39 Å². The van der Waals surface area contributed by atoms with Gasteiger partial charge in [-0.3, -0.25) is 0 Å². The summed E-state index contributed by atoms with van der Waals surface area (Å²) in [6.07, 6.45) is 4.00. The van der Waals surface area contributed by atoms with Crippen molar-refractivity contribution in [2.24, 2.45) is 5.41 Å². The Balaban J connectivity index is 0.00000144. The first kappa shape index (κ1) is 14.5. The van der Waals surface area contributed by atoms with Crippen LogP contribution in [0.25, 0.3) is 0 Å². The van der Waals surface area contributed by atoms with Crippen molar-refractivity contribution in [1.29, 1.82) is 0 Å². The van der Waals surface area contributed by atoms with Gasteiger partial charge in [-0.1, -0.05) is 25.5 Å². The minimum absolute atomic E-state index is 0. The van der Waals surface area contributed by atoms with Crippen LogP contribution < -0.4 is 5.32 Å². The minimum atomic E-state index is -0.103. The van der Waals surface area contributed by atoms with Crippen molar-refractivity contribution in [3.63, 3.8) is 0 Å².